The zero-order chi connectivity index (χ0) is 44.3. The van der Waals surface area contributed by atoms with E-state index in [1.54, 1.807) is 0 Å². The SMILES string of the molecule is c1ccc(-c2ccc3c(c2)c2ccccc2n3-c2cccc3c4c(-c5cccc(-c6cccc(-c7nc(-c8ccccc8)nc(-c8ccccc8)n7)c6)c5)cccc4c4ccccc4c23)cc1. The minimum absolute atomic E-state index is 0.633. The van der Waals surface area contributed by atoms with Gasteiger partial charge in [-0.25, -0.2) is 15.0 Å². The van der Waals surface area contributed by atoms with Gasteiger partial charge >= 0.3 is 0 Å². The smallest absolute Gasteiger partial charge is 0.164 e. The molecule has 0 fully saturated rings. The summed E-state index contributed by atoms with van der Waals surface area (Å²) in [6.07, 6.45) is 0. The normalized spacial score (nSPS) is 11.6. The van der Waals surface area contributed by atoms with Crippen molar-refractivity contribution in [2.75, 3.05) is 0 Å². The molecule has 67 heavy (non-hydrogen) atoms. The van der Waals surface area contributed by atoms with Crippen LogP contribution < -0.4 is 0 Å². The lowest BCUT2D eigenvalue weighted by Crippen LogP contribution is -2.00. The number of benzene rings is 11. The Morgan fingerprint density at radius 3 is 1.39 bits per heavy atom. The molecule has 13 aromatic rings. The van der Waals surface area contributed by atoms with Crippen LogP contribution in [0.4, 0.5) is 0 Å². The van der Waals surface area contributed by atoms with Gasteiger partial charge in [-0.1, -0.05) is 206 Å². The standard InChI is InChI=1S/C63H40N4/c1-4-18-41(19-5-1)46-36-37-57-55(40-46)51-29-12-13-34-56(51)67(57)58-35-17-33-54-59-49(31-16-32-52(59)50-28-10-11-30-53(50)60(54)58)47-26-14-24-44(38-47)45-25-15-27-48(39-45)63-65-61(42-20-6-2-7-21-42)64-62(66-63)43-22-8-3-9-23-43/h1-40H. The average molecular weight is 853 g/mol. The molecule has 0 unspecified atom stereocenters. The van der Waals surface area contributed by atoms with Crippen LogP contribution in [-0.4, -0.2) is 19.5 Å². The van der Waals surface area contributed by atoms with Crippen LogP contribution in [0.1, 0.15) is 0 Å². The van der Waals surface area contributed by atoms with Crippen LogP contribution in [0.15, 0.2) is 243 Å². The third kappa shape index (κ3) is 6.57. The number of fused-ring (bicyclic) bond motifs is 9. The number of nitrogens with zero attached hydrogens (tertiary/aromatic N) is 4. The van der Waals surface area contributed by atoms with Crippen LogP contribution in [-0.2, 0) is 0 Å². The average Bonchev–Trinajstić information content (AvgIpc) is 3.75. The maximum atomic E-state index is 5.04. The summed E-state index contributed by atoms with van der Waals surface area (Å²) in [7, 11) is 0. The topological polar surface area (TPSA) is 43.6 Å². The van der Waals surface area contributed by atoms with E-state index in [1.807, 2.05) is 60.7 Å². The molecule has 0 aliphatic rings. The van der Waals surface area contributed by atoms with E-state index < -0.39 is 0 Å². The molecule has 0 saturated carbocycles. The highest BCUT2D eigenvalue weighted by molar-refractivity contribution is 6.30. The molecule has 2 heterocycles. The lowest BCUT2D eigenvalue weighted by Gasteiger charge is -2.18. The van der Waals surface area contributed by atoms with Crippen LogP contribution in [0.2, 0.25) is 0 Å². The molecule has 4 heteroatoms. The minimum Gasteiger partial charge on any atom is -0.309 e. The van der Waals surface area contributed by atoms with Gasteiger partial charge in [-0.05, 0) is 96.7 Å². The van der Waals surface area contributed by atoms with E-state index in [0.717, 1.165) is 33.4 Å². The Kier molecular flexibility index (Phi) is 9.14. The predicted molar refractivity (Wildman–Crippen MR) is 279 cm³/mol. The predicted octanol–water partition coefficient (Wildman–Crippen LogP) is 16.4. The van der Waals surface area contributed by atoms with Gasteiger partial charge in [-0.2, -0.15) is 0 Å². The van der Waals surface area contributed by atoms with E-state index in [9.17, 15) is 0 Å². The van der Waals surface area contributed by atoms with Gasteiger partial charge in [-0.3, -0.25) is 0 Å². The molecule has 0 spiro atoms. The molecule has 11 aromatic carbocycles. The summed E-state index contributed by atoms with van der Waals surface area (Å²) in [5.41, 5.74) is 13.3. The number of para-hydroxylation sites is 1. The first-order valence-corrected chi connectivity index (χ1v) is 22.8. The Hall–Kier alpha value is -8.99. The highest BCUT2D eigenvalue weighted by atomic mass is 15.0. The van der Waals surface area contributed by atoms with Gasteiger partial charge in [-0.15, -0.1) is 0 Å². The van der Waals surface area contributed by atoms with Crippen molar-refractivity contribution >= 4 is 54.1 Å². The van der Waals surface area contributed by atoms with Gasteiger partial charge in [0.15, 0.2) is 17.5 Å². The first-order chi connectivity index (χ1) is 33.2. The molecule has 0 aliphatic carbocycles. The molecule has 0 N–H and O–H groups in total. The molecule has 2 aromatic heterocycles. The summed E-state index contributed by atoms with van der Waals surface area (Å²) < 4.78 is 2.48. The molecule has 0 radical (unpaired) electrons. The fraction of sp³-hybridized carbons (Fsp3) is 0. The zero-order valence-corrected chi connectivity index (χ0v) is 36.4. The third-order valence-electron chi connectivity index (χ3n) is 13.2. The Bertz CT molecular complexity index is 3970. The molecule has 13 rings (SSSR count). The van der Waals surface area contributed by atoms with Gasteiger partial charge < -0.3 is 4.57 Å². The minimum atomic E-state index is 0.633. The number of hydrogen-bond donors (Lipinski definition) is 0. The van der Waals surface area contributed by atoms with Crippen molar-refractivity contribution in [1.29, 1.82) is 0 Å². The van der Waals surface area contributed by atoms with Crippen molar-refractivity contribution in [3.8, 4) is 73.2 Å². The van der Waals surface area contributed by atoms with Crippen molar-refractivity contribution in [3.05, 3.63) is 243 Å². The summed E-state index contributed by atoms with van der Waals surface area (Å²) in [5, 5.41) is 9.88. The second kappa shape index (κ2) is 15.9. The number of rotatable bonds is 7. The van der Waals surface area contributed by atoms with Crippen LogP contribution in [0.25, 0.3) is 127 Å². The Labute approximate surface area is 387 Å². The maximum absolute atomic E-state index is 5.04. The van der Waals surface area contributed by atoms with Crippen LogP contribution in [0.3, 0.4) is 0 Å². The van der Waals surface area contributed by atoms with Crippen molar-refractivity contribution in [2.45, 2.75) is 0 Å². The lowest BCUT2D eigenvalue weighted by atomic mass is 9.88. The summed E-state index contributed by atoms with van der Waals surface area (Å²) in [6, 6.07) is 86.7. The molecule has 0 bridgehead atoms. The lowest BCUT2D eigenvalue weighted by molar-refractivity contribution is 1.07. The molecular formula is C63H40N4. The highest BCUT2D eigenvalue weighted by Gasteiger charge is 2.20. The van der Waals surface area contributed by atoms with E-state index in [-0.39, 0.29) is 0 Å². The second-order valence-electron chi connectivity index (χ2n) is 17.1. The van der Waals surface area contributed by atoms with Crippen molar-refractivity contribution in [1.82, 2.24) is 19.5 Å². The maximum Gasteiger partial charge on any atom is 0.164 e. The van der Waals surface area contributed by atoms with Gasteiger partial charge in [0.1, 0.15) is 0 Å². The molecule has 4 nitrogen and oxygen atoms in total. The fourth-order valence-corrected chi connectivity index (χ4v) is 10.1. The first-order valence-electron chi connectivity index (χ1n) is 22.8. The van der Waals surface area contributed by atoms with Crippen molar-refractivity contribution in [3.63, 3.8) is 0 Å². The number of hydrogen-bond acceptors (Lipinski definition) is 3. The molecule has 0 saturated heterocycles. The van der Waals surface area contributed by atoms with Crippen molar-refractivity contribution < 1.29 is 0 Å². The van der Waals surface area contributed by atoms with Crippen molar-refractivity contribution in [2.24, 2.45) is 0 Å². The molecule has 0 atom stereocenters. The molecule has 312 valence electrons. The summed E-state index contributed by atoms with van der Waals surface area (Å²) in [4.78, 5) is 15.0. The monoisotopic (exact) mass is 852 g/mol. The largest absolute Gasteiger partial charge is 0.309 e. The van der Waals surface area contributed by atoms with Gasteiger partial charge in [0, 0.05) is 32.8 Å². The molecule has 0 amide bonds. The zero-order valence-electron chi connectivity index (χ0n) is 36.4. The quantitative estimate of drug-likeness (QED) is 0.150. The third-order valence-corrected chi connectivity index (χ3v) is 13.2. The summed E-state index contributed by atoms with van der Waals surface area (Å²) >= 11 is 0. The van der Waals surface area contributed by atoms with Gasteiger partial charge in [0.05, 0.1) is 16.7 Å². The van der Waals surface area contributed by atoms with Gasteiger partial charge in [0.2, 0.25) is 0 Å². The number of aromatic nitrogens is 4. The summed E-state index contributed by atoms with van der Waals surface area (Å²) in [5.74, 6) is 1.92. The van der Waals surface area contributed by atoms with E-state index >= 15 is 0 Å². The van der Waals surface area contributed by atoms with Crippen LogP contribution in [0.5, 0.6) is 0 Å². The highest BCUT2D eigenvalue weighted by Crippen LogP contribution is 2.45. The molecule has 0 aliphatic heterocycles. The fourth-order valence-electron chi connectivity index (χ4n) is 10.1. The van der Waals surface area contributed by atoms with E-state index in [4.69, 9.17) is 15.0 Å². The Morgan fingerprint density at radius 2 is 0.687 bits per heavy atom. The molecular weight excluding hydrogens is 813 g/mol. The summed E-state index contributed by atoms with van der Waals surface area (Å²) in [6.45, 7) is 0. The van der Waals surface area contributed by atoms with Crippen LogP contribution in [0, 0.1) is 0 Å². The van der Waals surface area contributed by atoms with E-state index in [1.165, 1.54) is 76.5 Å². The van der Waals surface area contributed by atoms with E-state index in [2.05, 4.69) is 187 Å². The Balaban J connectivity index is 0.980. The van der Waals surface area contributed by atoms with E-state index in [0.29, 0.717) is 17.5 Å². The van der Waals surface area contributed by atoms with Gasteiger partial charge in [0.25, 0.3) is 0 Å². The second-order valence-corrected chi connectivity index (χ2v) is 17.1. The Morgan fingerprint density at radius 1 is 0.239 bits per heavy atom. The first kappa shape index (κ1) is 38.5. The van der Waals surface area contributed by atoms with Crippen LogP contribution >= 0.6 is 0 Å².